The smallest absolute Gasteiger partial charge is 0.141 e. The third-order valence-corrected chi connectivity index (χ3v) is 2.02. The second-order valence-corrected chi connectivity index (χ2v) is 3.01. The molecule has 0 aliphatic heterocycles. The molecule has 0 saturated carbocycles. The zero-order valence-corrected chi connectivity index (χ0v) is 7.46. The minimum Gasteiger partial charge on any atom is -0.269 e. The lowest BCUT2D eigenvalue weighted by Gasteiger charge is -1.87. The van der Waals surface area contributed by atoms with E-state index in [9.17, 15) is 0 Å². The molecule has 0 aliphatic rings. The molecule has 0 saturated heterocycles. The fourth-order valence-corrected chi connectivity index (χ4v) is 1.31. The second kappa shape index (κ2) is 2.57. The van der Waals surface area contributed by atoms with Gasteiger partial charge in [0.05, 0.1) is 0 Å². The first kappa shape index (κ1) is 7.25. The molecule has 2 aromatic rings. The number of nitrogens with zero attached hydrogens (tertiary/aromatic N) is 3. The van der Waals surface area contributed by atoms with E-state index in [-0.39, 0.29) is 0 Å². The van der Waals surface area contributed by atoms with Crippen LogP contribution >= 0.6 is 15.9 Å². The summed E-state index contributed by atoms with van der Waals surface area (Å²) in [6.45, 7) is 0. The molecule has 4 nitrogen and oxygen atoms in total. The molecule has 0 radical (unpaired) electrons. The predicted molar refractivity (Wildman–Crippen MR) is 46.3 cm³/mol. The summed E-state index contributed by atoms with van der Waals surface area (Å²) in [4.78, 5) is 4.05. The Morgan fingerprint density at radius 3 is 3.08 bits per heavy atom. The van der Waals surface area contributed by atoms with Crippen LogP contribution in [0, 0.1) is 11.3 Å². The summed E-state index contributed by atoms with van der Waals surface area (Å²) in [5.74, 6) is 0. The minimum atomic E-state index is 0.393. The van der Waals surface area contributed by atoms with Gasteiger partial charge >= 0.3 is 0 Å². The average Bonchev–Trinajstić information content (AvgIpc) is 2.47. The molecule has 0 spiro atoms. The van der Waals surface area contributed by atoms with Crippen LogP contribution in [0.25, 0.3) is 11.0 Å². The van der Waals surface area contributed by atoms with Gasteiger partial charge in [0.2, 0.25) is 0 Å². The monoisotopic (exact) mass is 222 g/mol. The summed E-state index contributed by atoms with van der Waals surface area (Å²) in [5.41, 5.74) is 1.83. The van der Waals surface area contributed by atoms with Gasteiger partial charge in [-0.2, -0.15) is 10.4 Å². The molecule has 2 aromatic heterocycles. The van der Waals surface area contributed by atoms with Crippen LogP contribution in [-0.2, 0) is 0 Å². The van der Waals surface area contributed by atoms with Crippen LogP contribution in [0.15, 0.2) is 16.7 Å². The maximum absolute atomic E-state index is 8.57. The topological polar surface area (TPSA) is 65.4 Å². The first-order chi connectivity index (χ1) is 5.81. The van der Waals surface area contributed by atoms with Gasteiger partial charge in [0.15, 0.2) is 0 Å². The number of nitrogens with one attached hydrogen (secondary N) is 1. The lowest BCUT2D eigenvalue weighted by molar-refractivity contribution is 1.10. The fourth-order valence-electron chi connectivity index (χ4n) is 0.928. The third kappa shape index (κ3) is 0.970. The molecule has 0 fully saturated rings. The van der Waals surface area contributed by atoms with Crippen molar-refractivity contribution in [3.63, 3.8) is 0 Å². The van der Waals surface area contributed by atoms with E-state index in [1.165, 1.54) is 0 Å². The molecule has 2 rings (SSSR count). The molecule has 0 aromatic carbocycles. The zero-order valence-electron chi connectivity index (χ0n) is 5.87. The van der Waals surface area contributed by atoms with Crippen LogP contribution in [0.4, 0.5) is 0 Å². The van der Waals surface area contributed by atoms with Crippen LogP contribution in [0.5, 0.6) is 0 Å². The van der Waals surface area contributed by atoms with Crippen LogP contribution < -0.4 is 0 Å². The van der Waals surface area contributed by atoms with Crippen molar-refractivity contribution >= 4 is 27.0 Å². The summed E-state index contributed by atoms with van der Waals surface area (Å²) in [6, 6.07) is 5.35. The van der Waals surface area contributed by atoms with Crippen molar-refractivity contribution in [3.8, 4) is 6.07 Å². The molecular formula is C7H3BrN4. The van der Waals surface area contributed by atoms with Crippen molar-refractivity contribution in [1.82, 2.24) is 15.2 Å². The van der Waals surface area contributed by atoms with Gasteiger partial charge in [0.1, 0.15) is 27.4 Å². The van der Waals surface area contributed by atoms with Gasteiger partial charge in [-0.1, -0.05) is 0 Å². The van der Waals surface area contributed by atoms with Crippen LogP contribution in [0.2, 0.25) is 0 Å². The molecule has 0 atom stereocenters. The Morgan fingerprint density at radius 1 is 1.50 bits per heavy atom. The lowest BCUT2D eigenvalue weighted by Crippen LogP contribution is -1.81. The molecule has 2 heterocycles. The highest BCUT2D eigenvalue weighted by atomic mass is 79.9. The van der Waals surface area contributed by atoms with E-state index in [1.807, 2.05) is 6.07 Å². The summed E-state index contributed by atoms with van der Waals surface area (Å²) in [6.07, 6.45) is 0. The molecule has 0 amide bonds. The van der Waals surface area contributed by atoms with E-state index in [2.05, 4.69) is 31.1 Å². The number of hydrogen-bond donors (Lipinski definition) is 1. The second-order valence-electron chi connectivity index (χ2n) is 2.21. The molecule has 12 heavy (non-hydrogen) atoms. The van der Waals surface area contributed by atoms with E-state index < -0.39 is 0 Å². The van der Waals surface area contributed by atoms with Gasteiger partial charge in [-0.3, -0.25) is 5.10 Å². The van der Waals surface area contributed by atoms with Gasteiger partial charge in [-0.25, -0.2) is 4.98 Å². The Kier molecular flexibility index (Phi) is 1.55. The van der Waals surface area contributed by atoms with Crippen LogP contribution in [-0.4, -0.2) is 15.2 Å². The molecular weight excluding hydrogens is 220 g/mol. The number of nitriles is 1. The Hall–Kier alpha value is -1.41. The first-order valence-electron chi connectivity index (χ1n) is 3.22. The maximum Gasteiger partial charge on any atom is 0.141 e. The van der Waals surface area contributed by atoms with Gasteiger partial charge in [-0.05, 0) is 28.1 Å². The summed E-state index contributed by atoms with van der Waals surface area (Å²) in [7, 11) is 0. The molecule has 5 heteroatoms. The van der Waals surface area contributed by atoms with Crippen molar-refractivity contribution < 1.29 is 0 Å². The highest BCUT2D eigenvalue weighted by Crippen LogP contribution is 2.18. The van der Waals surface area contributed by atoms with E-state index in [0.717, 1.165) is 5.52 Å². The number of fused-ring (bicyclic) bond motifs is 1. The van der Waals surface area contributed by atoms with Crippen molar-refractivity contribution in [2.75, 3.05) is 0 Å². The van der Waals surface area contributed by atoms with Crippen LogP contribution in [0.1, 0.15) is 5.69 Å². The summed E-state index contributed by atoms with van der Waals surface area (Å²) >= 11 is 3.24. The van der Waals surface area contributed by atoms with E-state index in [0.29, 0.717) is 15.8 Å². The van der Waals surface area contributed by atoms with E-state index in [4.69, 9.17) is 5.26 Å². The van der Waals surface area contributed by atoms with Crippen molar-refractivity contribution in [1.29, 1.82) is 5.26 Å². The predicted octanol–water partition coefficient (Wildman–Crippen LogP) is 1.59. The lowest BCUT2D eigenvalue weighted by atomic mass is 10.3. The number of aromatic nitrogens is 3. The highest BCUT2D eigenvalue weighted by Gasteiger charge is 2.03. The van der Waals surface area contributed by atoms with E-state index in [1.54, 1.807) is 12.1 Å². The minimum absolute atomic E-state index is 0.393. The quantitative estimate of drug-likeness (QED) is 0.737. The number of aromatic amines is 1. The third-order valence-electron chi connectivity index (χ3n) is 1.47. The summed E-state index contributed by atoms with van der Waals surface area (Å²) < 4.78 is 0.703. The number of halogens is 1. The molecule has 58 valence electrons. The zero-order chi connectivity index (χ0) is 8.55. The highest BCUT2D eigenvalue weighted by molar-refractivity contribution is 9.10. The number of hydrogen-bond acceptors (Lipinski definition) is 3. The summed E-state index contributed by atoms with van der Waals surface area (Å²) in [5, 5.41) is 15.2. The molecule has 0 unspecified atom stereocenters. The Labute approximate surface area is 76.4 Å². The fraction of sp³-hybridized carbons (Fsp3) is 0. The number of H-pyrrole nitrogens is 1. The Balaban J connectivity index is 2.82. The number of pyridine rings is 1. The van der Waals surface area contributed by atoms with E-state index >= 15 is 0 Å². The SMILES string of the molecule is N#Cc1ccc2n[nH]c(Br)c2n1. The van der Waals surface area contributed by atoms with Crippen LogP contribution in [0.3, 0.4) is 0 Å². The van der Waals surface area contributed by atoms with Gasteiger partial charge in [-0.15, -0.1) is 0 Å². The average molecular weight is 223 g/mol. The molecule has 0 bridgehead atoms. The van der Waals surface area contributed by atoms with Gasteiger partial charge in [0.25, 0.3) is 0 Å². The largest absolute Gasteiger partial charge is 0.269 e. The van der Waals surface area contributed by atoms with Gasteiger partial charge < -0.3 is 0 Å². The number of rotatable bonds is 0. The Bertz CT molecular complexity index is 468. The standard InChI is InChI=1S/C7H3BrN4/c8-7-6-5(11-12-7)2-1-4(3-9)10-6/h1-2H,(H,11,12). The normalized spacial score (nSPS) is 10.0. The maximum atomic E-state index is 8.57. The first-order valence-corrected chi connectivity index (χ1v) is 4.01. The molecule has 1 N–H and O–H groups in total. The van der Waals surface area contributed by atoms with Crippen molar-refractivity contribution in [2.45, 2.75) is 0 Å². The van der Waals surface area contributed by atoms with Crippen molar-refractivity contribution in [3.05, 3.63) is 22.4 Å². The van der Waals surface area contributed by atoms with Gasteiger partial charge in [0, 0.05) is 0 Å². The Morgan fingerprint density at radius 2 is 2.33 bits per heavy atom. The van der Waals surface area contributed by atoms with Crippen molar-refractivity contribution in [2.24, 2.45) is 0 Å². The molecule has 0 aliphatic carbocycles.